The van der Waals surface area contributed by atoms with Crippen LogP contribution in [-0.4, -0.2) is 53.5 Å². The first-order valence-corrected chi connectivity index (χ1v) is 8.81. The van der Waals surface area contributed by atoms with Crippen molar-refractivity contribution in [3.63, 3.8) is 0 Å². The molecule has 1 aliphatic heterocycles. The van der Waals surface area contributed by atoms with Crippen molar-refractivity contribution in [2.75, 3.05) is 20.3 Å². The predicted molar refractivity (Wildman–Crippen MR) is 105 cm³/mol. The summed E-state index contributed by atoms with van der Waals surface area (Å²) < 4.78 is 25.7. The van der Waals surface area contributed by atoms with Crippen molar-refractivity contribution in [2.45, 2.75) is 19.3 Å². The number of pyridine rings is 2. The summed E-state index contributed by atoms with van der Waals surface area (Å²) in [5.74, 6) is 0.443. The van der Waals surface area contributed by atoms with E-state index in [9.17, 15) is 0 Å². The molecular weight excluding hydrogens is 361 g/mol. The summed E-state index contributed by atoms with van der Waals surface area (Å²) in [7, 11) is 1.60. The maximum atomic E-state index is 15.3. The van der Waals surface area contributed by atoms with Crippen molar-refractivity contribution in [2.24, 2.45) is 5.10 Å². The Hall–Kier alpha value is -3.13. The quantitative estimate of drug-likeness (QED) is 0.430. The van der Waals surface area contributed by atoms with Crippen LogP contribution < -0.4 is 4.74 Å². The van der Waals surface area contributed by atoms with Gasteiger partial charge in [-0.25, -0.2) is 14.4 Å². The molecule has 0 bridgehead atoms. The largest absolute Gasteiger partial charge is 0.475 e. The summed E-state index contributed by atoms with van der Waals surface area (Å²) in [6, 6.07) is 6.27. The fraction of sp³-hybridized carbons (Fsp3) is 0.300. The number of hydrogen-bond acceptors (Lipinski definition) is 7. The summed E-state index contributed by atoms with van der Waals surface area (Å²) in [6.45, 7) is 2.47. The Morgan fingerprint density at radius 2 is 2.04 bits per heavy atom. The molecule has 1 N–H and O–H groups in total. The van der Waals surface area contributed by atoms with Crippen LogP contribution in [0.5, 0.6) is 5.88 Å². The van der Waals surface area contributed by atoms with Gasteiger partial charge < -0.3 is 14.9 Å². The molecule has 0 aromatic carbocycles. The molecule has 0 amide bonds. The molecule has 3 rings (SSSR count). The molecule has 7 nitrogen and oxygen atoms in total. The Balaban J connectivity index is 1.82. The van der Waals surface area contributed by atoms with Crippen LogP contribution in [0, 0.1) is 5.41 Å². The second-order valence-corrected chi connectivity index (χ2v) is 6.19. The van der Waals surface area contributed by atoms with Gasteiger partial charge in [0.25, 0.3) is 0 Å². The van der Waals surface area contributed by atoms with Gasteiger partial charge in [-0.2, -0.15) is 5.10 Å². The molecule has 2 unspecified atom stereocenters. The first kappa shape index (κ1) is 19.6. The van der Waals surface area contributed by atoms with Gasteiger partial charge in [-0.1, -0.05) is 0 Å². The van der Waals surface area contributed by atoms with E-state index in [-0.39, 0.29) is 5.71 Å². The van der Waals surface area contributed by atoms with Gasteiger partial charge in [0, 0.05) is 54.8 Å². The highest BCUT2D eigenvalue weighted by Gasteiger charge is 2.32. The van der Waals surface area contributed by atoms with Crippen LogP contribution in [0.4, 0.5) is 4.39 Å². The van der Waals surface area contributed by atoms with E-state index >= 15 is 4.39 Å². The van der Waals surface area contributed by atoms with E-state index in [0.717, 1.165) is 5.56 Å². The Morgan fingerprint density at radius 1 is 1.25 bits per heavy atom. The molecule has 0 aliphatic carbocycles. The van der Waals surface area contributed by atoms with Gasteiger partial charge in [0.15, 0.2) is 0 Å². The van der Waals surface area contributed by atoms with Gasteiger partial charge in [-0.15, -0.1) is 0 Å². The smallest absolute Gasteiger partial charge is 0.214 e. The Morgan fingerprint density at radius 3 is 2.68 bits per heavy atom. The van der Waals surface area contributed by atoms with Gasteiger partial charge in [0.2, 0.25) is 12.2 Å². The van der Waals surface area contributed by atoms with Crippen LogP contribution in [0.1, 0.15) is 24.1 Å². The molecule has 0 fully saturated rings. The van der Waals surface area contributed by atoms with Crippen LogP contribution in [-0.2, 0) is 4.74 Å². The van der Waals surface area contributed by atoms with Crippen molar-refractivity contribution < 1.29 is 13.9 Å². The predicted octanol–water partition coefficient (Wildman–Crippen LogP) is 3.26. The van der Waals surface area contributed by atoms with Gasteiger partial charge in [0.1, 0.15) is 12.6 Å². The van der Waals surface area contributed by atoms with Gasteiger partial charge in [-0.3, -0.25) is 4.98 Å². The minimum atomic E-state index is -1.50. The lowest BCUT2D eigenvalue weighted by molar-refractivity contribution is 0.111. The van der Waals surface area contributed by atoms with E-state index in [0.29, 0.717) is 30.2 Å². The minimum absolute atomic E-state index is 0.255. The van der Waals surface area contributed by atoms with Crippen molar-refractivity contribution in [3.8, 4) is 5.88 Å². The minimum Gasteiger partial charge on any atom is -0.475 e. The van der Waals surface area contributed by atoms with Crippen molar-refractivity contribution in [1.29, 1.82) is 5.41 Å². The van der Waals surface area contributed by atoms with Gasteiger partial charge >= 0.3 is 0 Å². The lowest BCUT2D eigenvalue weighted by Gasteiger charge is -2.34. The number of hydrogen-bond donors (Lipinski definition) is 1. The number of hydrazone groups is 1. The molecule has 1 aliphatic rings. The third-order valence-corrected chi connectivity index (χ3v) is 4.24. The van der Waals surface area contributed by atoms with E-state index in [2.05, 4.69) is 15.1 Å². The maximum Gasteiger partial charge on any atom is 0.214 e. The molecule has 0 spiro atoms. The number of ether oxygens (including phenoxy) is 2. The Bertz CT molecular complexity index is 855. The number of nitrogens with zero attached hydrogens (tertiary/aromatic N) is 4. The number of nitrogens with one attached hydrogen (secondary N) is 1. The standard InChI is InChI=1S/C20H22FN5O2/c1-14(22)19(16-3-4-18(24-13-16)28-12-11-27-2)26-20(21)17(7-10-25-26)15-5-8-23-9-6-15/h3-10,13,19-20,22H,11-12H2,1-2H3. The Kier molecular flexibility index (Phi) is 6.44. The van der Waals surface area contributed by atoms with Gasteiger partial charge in [0.05, 0.1) is 6.61 Å². The van der Waals surface area contributed by atoms with Crippen LogP contribution in [0.2, 0.25) is 0 Å². The summed E-state index contributed by atoms with van der Waals surface area (Å²) in [6.07, 6.45) is 6.48. The third kappa shape index (κ3) is 4.40. The van der Waals surface area contributed by atoms with Crippen LogP contribution in [0.15, 0.2) is 54.0 Å². The van der Waals surface area contributed by atoms with E-state index in [1.807, 2.05) is 0 Å². The molecule has 2 atom stereocenters. The molecule has 0 saturated heterocycles. The monoisotopic (exact) mass is 383 g/mol. The van der Waals surface area contributed by atoms with Crippen molar-refractivity contribution >= 4 is 17.5 Å². The third-order valence-electron chi connectivity index (χ3n) is 4.24. The highest BCUT2D eigenvalue weighted by Crippen LogP contribution is 2.33. The fourth-order valence-corrected chi connectivity index (χ4v) is 2.92. The van der Waals surface area contributed by atoms with E-state index < -0.39 is 12.3 Å². The second kappa shape index (κ2) is 9.18. The fourth-order valence-electron chi connectivity index (χ4n) is 2.92. The van der Waals surface area contributed by atoms with Crippen LogP contribution in [0.25, 0.3) is 5.57 Å². The maximum absolute atomic E-state index is 15.3. The van der Waals surface area contributed by atoms with E-state index in [1.165, 1.54) is 11.2 Å². The zero-order chi connectivity index (χ0) is 19.9. The molecule has 8 heteroatoms. The summed E-state index contributed by atoms with van der Waals surface area (Å²) >= 11 is 0. The molecule has 0 saturated carbocycles. The van der Waals surface area contributed by atoms with Crippen molar-refractivity contribution in [3.05, 3.63) is 60.1 Å². The highest BCUT2D eigenvalue weighted by atomic mass is 19.1. The lowest BCUT2D eigenvalue weighted by Crippen LogP contribution is -2.37. The number of alkyl halides is 1. The SMILES string of the molecule is COCCOc1ccc(C(C(C)=N)N2N=CC=C(c3ccncc3)C2F)cn1. The molecule has 146 valence electrons. The summed E-state index contributed by atoms with van der Waals surface area (Å²) in [5.41, 5.74) is 2.10. The first-order chi connectivity index (χ1) is 13.6. The number of methoxy groups -OCH3 is 1. The number of aromatic nitrogens is 2. The van der Waals surface area contributed by atoms with E-state index in [4.69, 9.17) is 14.9 Å². The number of rotatable bonds is 8. The molecule has 3 heterocycles. The number of halogens is 1. The highest BCUT2D eigenvalue weighted by molar-refractivity contribution is 5.89. The molecule has 28 heavy (non-hydrogen) atoms. The normalized spacial score (nSPS) is 17.2. The van der Waals surface area contributed by atoms with Crippen LogP contribution in [0.3, 0.4) is 0 Å². The van der Waals surface area contributed by atoms with E-state index in [1.54, 1.807) is 63.0 Å². The average molecular weight is 383 g/mol. The first-order valence-electron chi connectivity index (χ1n) is 8.81. The van der Waals surface area contributed by atoms with Crippen molar-refractivity contribution in [1.82, 2.24) is 15.0 Å². The average Bonchev–Trinajstić information content (AvgIpc) is 2.71. The molecule has 2 aromatic rings. The zero-order valence-corrected chi connectivity index (χ0v) is 15.7. The van der Waals surface area contributed by atoms with Crippen LogP contribution >= 0.6 is 0 Å². The Labute approximate surface area is 163 Å². The topological polar surface area (TPSA) is 83.7 Å². The van der Waals surface area contributed by atoms with Gasteiger partial charge in [-0.05, 0) is 36.8 Å². The molecule has 0 radical (unpaired) electrons. The molecular formula is C20H22FN5O2. The number of allylic oxidation sites excluding steroid dienone is 1. The second-order valence-electron chi connectivity index (χ2n) is 6.19. The zero-order valence-electron chi connectivity index (χ0n) is 15.7. The summed E-state index contributed by atoms with van der Waals surface area (Å²) in [4.78, 5) is 8.22. The summed E-state index contributed by atoms with van der Waals surface area (Å²) in [5, 5.41) is 13.7. The molecule has 2 aromatic heterocycles. The lowest BCUT2D eigenvalue weighted by atomic mass is 10.0.